The van der Waals surface area contributed by atoms with E-state index in [2.05, 4.69) is 41.9 Å². The number of hydrogen-bond acceptors (Lipinski definition) is 2. The summed E-state index contributed by atoms with van der Waals surface area (Å²) in [4.78, 5) is 11.9. The van der Waals surface area contributed by atoms with E-state index >= 15 is 0 Å². The highest BCUT2D eigenvalue weighted by Gasteiger charge is 2.33. The Hall–Kier alpha value is -0.830. The van der Waals surface area contributed by atoms with Gasteiger partial charge in [0.15, 0.2) is 0 Å². The van der Waals surface area contributed by atoms with Crippen molar-refractivity contribution in [2.45, 2.75) is 38.4 Å². The first kappa shape index (κ1) is 15.2. The molecule has 100 valence electrons. The van der Waals surface area contributed by atoms with E-state index in [1.54, 1.807) is 0 Å². The molecule has 0 N–H and O–H groups in total. The maximum atomic E-state index is 11.9. The Bertz CT molecular complexity index is 393. The predicted molar refractivity (Wildman–Crippen MR) is 77.9 cm³/mol. The fraction of sp³-hybridized carbons (Fsp3) is 0.533. The molecule has 0 saturated heterocycles. The second-order valence-corrected chi connectivity index (χ2v) is 6.60. The summed E-state index contributed by atoms with van der Waals surface area (Å²) in [7, 11) is 0. The number of rotatable bonds is 5. The minimum absolute atomic E-state index is 0.249. The monoisotopic (exact) mass is 312 g/mol. The molecule has 0 heterocycles. The molecule has 0 spiro atoms. The van der Waals surface area contributed by atoms with Gasteiger partial charge in [-0.25, -0.2) is 0 Å². The lowest BCUT2D eigenvalue weighted by Crippen LogP contribution is -2.28. The van der Waals surface area contributed by atoms with E-state index in [1.807, 2.05) is 26.0 Å². The molecule has 0 unspecified atom stereocenters. The first-order valence-corrected chi connectivity index (χ1v) is 7.12. The van der Waals surface area contributed by atoms with E-state index in [1.165, 1.54) is 5.56 Å². The van der Waals surface area contributed by atoms with Gasteiger partial charge in [-0.2, -0.15) is 0 Å². The van der Waals surface area contributed by atoms with Crippen molar-refractivity contribution in [2.24, 2.45) is 5.92 Å². The summed E-state index contributed by atoms with van der Waals surface area (Å²) in [6.07, 6.45) is 1.05. The maximum absolute atomic E-state index is 11.9. The lowest BCUT2D eigenvalue weighted by atomic mass is 9.97. The van der Waals surface area contributed by atoms with Crippen LogP contribution in [-0.4, -0.2) is 12.6 Å². The van der Waals surface area contributed by atoms with Crippen LogP contribution in [-0.2, 0) is 20.3 Å². The highest BCUT2D eigenvalue weighted by Crippen LogP contribution is 2.32. The predicted octanol–water partition coefficient (Wildman–Crippen LogP) is 4.06. The topological polar surface area (TPSA) is 26.3 Å². The Kier molecular flexibility index (Phi) is 5.39. The number of benzene rings is 1. The van der Waals surface area contributed by atoms with E-state index in [0.29, 0.717) is 12.5 Å². The summed E-state index contributed by atoms with van der Waals surface area (Å²) >= 11 is 3.46. The molecule has 1 atom stereocenters. The third-order valence-corrected chi connectivity index (χ3v) is 3.58. The number of alkyl halides is 1. The zero-order valence-corrected chi connectivity index (χ0v) is 13.1. The van der Waals surface area contributed by atoms with Crippen molar-refractivity contribution in [3.05, 3.63) is 35.4 Å². The molecule has 0 saturated carbocycles. The van der Waals surface area contributed by atoms with Crippen LogP contribution in [0.4, 0.5) is 0 Å². The van der Waals surface area contributed by atoms with Gasteiger partial charge in [0, 0.05) is 0 Å². The highest BCUT2D eigenvalue weighted by atomic mass is 79.9. The SMILES string of the molecule is CCOC(=O)[C@@](C)(Br)c1ccc(CC(C)C)cc1. The number of carbonyl (C=O) groups excluding carboxylic acids is 1. The molecule has 2 nitrogen and oxygen atoms in total. The Morgan fingerprint density at radius 2 is 1.89 bits per heavy atom. The lowest BCUT2D eigenvalue weighted by Gasteiger charge is -2.21. The van der Waals surface area contributed by atoms with Gasteiger partial charge in [-0.3, -0.25) is 4.79 Å². The van der Waals surface area contributed by atoms with E-state index in [-0.39, 0.29) is 5.97 Å². The van der Waals surface area contributed by atoms with Crippen molar-refractivity contribution in [3.63, 3.8) is 0 Å². The fourth-order valence-electron chi connectivity index (χ4n) is 1.81. The summed E-state index contributed by atoms with van der Waals surface area (Å²) < 4.78 is 4.31. The van der Waals surface area contributed by atoms with Gasteiger partial charge in [-0.1, -0.05) is 54.0 Å². The summed E-state index contributed by atoms with van der Waals surface area (Å²) in [6.45, 7) is 8.42. The molecule has 1 rings (SSSR count). The first-order chi connectivity index (χ1) is 8.37. The van der Waals surface area contributed by atoms with Crippen molar-refractivity contribution < 1.29 is 9.53 Å². The average Bonchev–Trinajstić information content (AvgIpc) is 2.29. The third kappa shape index (κ3) is 3.84. The Morgan fingerprint density at radius 3 is 2.33 bits per heavy atom. The summed E-state index contributed by atoms with van der Waals surface area (Å²) in [5, 5.41) is 0. The lowest BCUT2D eigenvalue weighted by molar-refractivity contribution is -0.145. The number of carbonyl (C=O) groups is 1. The highest BCUT2D eigenvalue weighted by molar-refractivity contribution is 9.10. The molecule has 18 heavy (non-hydrogen) atoms. The van der Waals surface area contributed by atoms with Crippen molar-refractivity contribution in [3.8, 4) is 0 Å². The van der Waals surface area contributed by atoms with Crippen LogP contribution in [0, 0.1) is 5.92 Å². The largest absolute Gasteiger partial charge is 0.465 e. The number of halogens is 1. The summed E-state index contributed by atoms with van der Waals surface area (Å²) in [5.41, 5.74) is 2.22. The number of ether oxygens (including phenoxy) is 1. The quantitative estimate of drug-likeness (QED) is 0.605. The number of esters is 1. The van der Waals surface area contributed by atoms with Crippen LogP contribution in [0.25, 0.3) is 0 Å². The van der Waals surface area contributed by atoms with Crippen molar-refractivity contribution in [2.75, 3.05) is 6.61 Å². The first-order valence-electron chi connectivity index (χ1n) is 6.33. The van der Waals surface area contributed by atoms with Gasteiger partial charge in [0.1, 0.15) is 4.32 Å². The van der Waals surface area contributed by atoms with Gasteiger partial charge in [0.25, 0.3) is 0 Å². The molecule has 0 bridgehead atoms. The van der Waals surface area contributed by atoms with Gasteiger partial charge in [0.2, 0.25) is 0 Å². The van der Waals surface area contributed by atoms with Crippen LogP contribution < -0.4 is 0 Å². The Morgan fingerprint density at radius 1 is 1.33 bits per heavy atom. The van der Waals surface area contributed by atoms with Crippen LogP contribution in [0.1, 0.15) is 38.8 Å². The maximum Gasteiger partial charge on any atom is 0.327 e. The van der Waals surface area contributed by atoms with Crippen LogP contribution in [0.2, 0.25) is 0 Å². The van der Waals surface area contributed by atoms with Crippen LogP contribution in [0.3, 0.4) is 0 Å². The molecule has 1 aromatic carbocycles. The standard InChI is InChI=1S/C15H21BrO2/c1-5-18-14(17)15(4,16)13-8-6-12(7-9-13)10-11(2)3/h6-9,11H,5,10H2,1-4H3/t15-/m0/s1. The van der Waals surface area contributed by atoms with Gasteiger partial charge < -0.3 is 4.74 Å². The van der Waals surface area contributed by atoms with Crippen LogP contribution in [0.15, 0.2) is 24.3 Å². The Balaban J connectivity index is 2.86. The second-order valence-electron chi connectivity index (χ2n) is 5.02. The zero-order chi connectivity index (χ0) is 13.8. The third-order valence-electron chi connectivity index (χ3n) is 2.80. The minimum Gasteiger partial charge on any atom is -0.465 e. The molecule has 0 radical (unpaired) electrons. The summed E-state index contributed by atoms with van der Waals surface area (Å²) in [6, 6.07) is 8.13. The van der Waals surface area contributed by atoms with Crippen LogP contribution >= 0.6 is 15.9 Å². The molecule has 0 fully saturated rings. The number of hydrogen-bond donors (Lipinski definition) is 0. The summed E-state index contributed by atoms with van der Waals surface area (Å²) in [5.74, 6) is 0.387. The van der Waals surface area contributed by atoms with Gasteiger partial charge in [0.05, 0.1) is 6.61 Å². The molecule has 0 aliphatic rings. The normalized spacial score (nSPS) is 14.3. The van der Waals surface area contributed by atoms with Crippen LogP contribution in [0.5, 0.6) is 0 Å². The smallest absolute Gasteiger partial charge is 0.327 e. The molecule has 0 amide bonds. The van der Waals surface area contributed by atoms with Gasteiger partial charge in [-0.05, 0) is 37.3 Å². The van der Waals surface area contributed by atoms with E-state index < -0.39 is 4.32 Å². The molecule has 3 heteroatoms. The Labute approximate surface area is 118 Å². The molecular weight excluding hydrogens is 292 g/mol. The van der Waals surface area contributed by atoms with E-state index in [9.17, 15) is 4.79 Å². The van der Waals surface area contributed by atoms with Gasteiger partial charge in [-0.15, -0.1) is 0 Å². The molecule has 0 aliphatic heterocycles. The molecular formula is C15H21BrO2. The fourth-order valence-corrected chi connectivity index (χ4v) is 2.19. The van der Waals surface area contributed by atoms with Crippen molar-refractivity contribution >= 4 is 21.9 Å². The van der Waals surface area contributed by atoms with Gasteiger partial charge >= 0.3 is 5.97 Å². The zero-order valence-electron chi connectivity index (χ0n) is 11.5. The van der Waals surface area contributed by atoms with Crippen molar-refractivity contribution in [1.82, 2.24) is 0 Å². The molecule has 0 aromatic heterocycles. The molecule has 0 aliphatic carbocycles. The second kappa shape index (κ2) is 6.37. The molecule has 1 aromatic rings. The van der Waals surface area contributed by atoms with E-state index in [4.69, 9.17) is 4.74 Å². The average molecular weight is 313 g/mol. The van der Waals surface area contributed by atoms with E-state index in [0.717, 1.165) is 12.0 Å². The minimum atomic E-state index is -0.765. The van der Waals surface area contributed by atoms with Crippen molar-refractivity contribution in [1.29, 1.82) is 0 Å².